The molecule has 0 heterocycles. The molecule has 1 N–H and O–H groups in total. The second-order valence-electron chi connectivity index (χ2n) is 4.14. The number of nitrogens with zero attached hydrogens (tertiary/aromatic N) is 1. The standard InChI is InChI=1S/C15H22N2/c1-4-6-7-10-17-12-13-8-9-15(16-3)14(5-2)11-13/h5,8-9,11,17H,2-4,6-7,10,12H2,1H3. The molecule has 0 spiro atoms. The second kappa shape index (κ2) is 7.80. The van der Waals surface area contributed by atoms with E-state index in [1.165, 1.54) is 24.8 Å². The average molecular weight is 230 g/mol. The van der Waals surface area contributed by atoms with Gasteiger partial charge in [-0.2, -0.15) is 0 Å². The summed E-state index contributed by atoms with van der Waals surface area (Å²) >= 11 is 0. The fourth-order valence-corrected chi connectivity index (χ4v) is 1.75. The molecule has 0 bridgehead atoms. The molecule has 0 aliphatic carbocycles. The van der Waals surface area contributed by atoms with Crippen LogP contribution in [0.15, 0.2) is 29.8 Å². The molecule has 1 rings (SSSR count). The lowest BCUT2D eigenvalue weighted by Gasteiger charge is -2.07. The molecule has 0 atom stereocenters. The minimum Gasteiger partial charge on any atom is -0.313 e. The molecule has 0 radical (unpaired) electrons. The van der Waals surface area contributed by atoms with E-state index in [4.69, 9.17) is 0 Å². The lowest BCUT2D eigenvalue weighted by atomic mass is 10.1. The third-order valence-electron chi connectivity index (χ3n) is 2.77. The summed E-state index contributed by atoms with van der Waals surface area (Å²) in [6, 6.07) is 6.20. The summed E-state index contributed by atoms with van der Waals surface area (Å²) in [5.74, 6) is 0. The normalized spacial score (nSPS) is 10.2. The first-order valence-electron chi connectivity index (χ1n) is 6.24. The van der Waals surface area contributed by atoms with Crippen LogP contribution in [-0.4, -0.2) is 13.3 Å². The summed E-state index contributed by atoms with van der Waals surface area (Å²) in [4.78, 5) is 3.96. The molecule has 0 aliphatic heterocycles. The number of benzene rings is 1. The maximum Gasteiger partial charge on any atom is 0.0694 e. The summed E-state index contributed by atoms with van der Waals surface area (Å²) in [7, 11) is 0. The average Bonchev–Trinajstić information content (AvgIpc) is 2.38. The smallest absolute Gasteiger partial charge is 0.0694 e. The molecule has 0 saturated heterocycles. The zero-order valence-corrected chi connectivity index (χ0v) is 10.7. The van der Waals surface area contributed by atoms with E-state index >= 15 is 0 Å². The van der Waals surface area contributed by atoms with Crippen molar-refractivity contribution in [2.24, 2.45) is 4.99 Å². The van der Waals surface area contributed by atoms with Crippen LogP contribution in [0.5, 0.6) is 0 Å². The van der Waals surface area contributed by atoms with Crippen molar-refractivity contribution in [1.29, 1.82) is 0 Å². The summed E-state index contributed by atoms with van der Waals surface area (Å²) in [6.45, 7) is 11.6. The van der Waals surface area contributed by atoms with E-state index in [1.807, 2.05) is 12.1 Å². The van der Waals surface area contributed by atoms with Gasteiger partial charge in [-0.1, -0.05) is 38.5 Å². The number of aliphatic imine (C=N–C) groups is 1. The number of hydrogen-bond acceptors (Lipinski definition) is 2. The number of unbranched alkanes of at least 4 members (excludes halogenated alkanes) is 2. The van der Waals surface area contributed by atoms with Crippen LogP contribution in [0.1, 0.15) is 37.3 Å². The van der Waals surface area contributed by atoms with Crippen LogP contribution < -0.4 is 5.32 Å². The molecule has 0 aromatic heterocycles. The zero-order chi connectivity index (χ0) is 12.5. The Morgan fingerprint density at radius 1 is 1.35 bits per heavy atom. The molecule has 0 saturated carbocycles. The van der Waals surface area contributed by atoms with Crippen molar-refractivity contribution in [3.05, 3.63) is 35.9 Å². The maximum absolute atomic E-state index is 3.96. The Kier molecular flexibility index (Phi) is 6.26. The van der Waals surface area contributed by atoms with Crippen molar-refractivity contribution in [1.82, 2.24) is 5.32 Å². The van der Waals surface area contributed by atoms with Gasteiger partial charge < -0.3 is 5.32 Å². The molecule has 1 aromatic rings. The Bertz CT molecular complexity index is 369. The highest BCUT2D eigenvalue weighted by molar-refractivity contribution is 5.65. The first-order chi connectivity index (χ1) is 8.31. The van der Waals surface area contributed by atoms with Crippen LogP contribution in [0.25, 0.3) is 6.08 Å². The van der Waals surface area contributed by atoms with Gasteiger partial charge in [-0.05, 0) is 42.9 Å². The molecule has 0 amide bonds. The number of hydrogen-bond donors (Lipinski definition) is 1. The third kappa shape index (κ3) is 4.53. The minimum absolute atomic E-state index is 0.898. The Morgan fingerprint density at radius 2 is 2.18 bits per heavy atom. The van der Waals surface area contributed by atoms with Crippen molar-refractivity contribution >= 4 is 18.5 Å². The Labute approximate surface area is 104 Å². The van der Waals surface area contributed by atoms with Crippen molar-refractivity contribution in [2.45, 2.75) is 32.7 Å². The zero-order valence-electron chi connectivity index (χ0n) is 10.7. The van der Waals surface area contributed by atoms with Gasteiger partial charge in [0.25, 0.3) is 0 Å². The fourth-order valence-electron chi connectivity index (χ4n) is 1.75. The molecule has 92 valence electrons. The third-order valence-corrected chi connectivity index (χ3v) is 2.77. The van der Waals surface area contributed by atoms with E-state index in [0.717, 1.165) is 24.3 Å². The minimum atomic E-state index is 0.898. The predicted octanol–water partition coefficient (Wildman–Crippen LogP) is 3.94. The second-order valence-corrected chi connectivity index (χ2v) is 4.14. The first-order valence-corrected chi connectivity index (χ1v) is 6.24. The molecular weight excluding hydrogens is 208 g/mol. The highest BCUT2D eigenvalue weighted by Crippen LogP contribution is 2.21. The lowest BCUT2D eigenvalue weighted by molar-refractivity contribution is 0.617. The van der Waals surface area contributed by atoms with Crippen LogP contribution >= 0.6 is 0 Å². The van der Waals surface area contributed by atoms with Gasteiger partial charge >= 0.3 is 0 Å². The maximum atomic E-state index is 3.96. The van der Waals surface area contributed by atoms with Crippen LogP contribution in [0.4, 0.5) is 5.69 Å². The van der Waals surface area contributed by atoms with E-state index in [0.29, 0.717) is 0 Å². The van der Waals surface area contributed by atoms with Crippen molar-refractivity contribution in [3.8, 4) is 0 Å². The van der Waals surface area contributed by atoms with Gasteiger partial charge in [0.2, 0.25) is 0 Å². The Hall–Kier alpha value is -1.41. The quantitative estimate of drug-likeness (QED) is 0.531. The van der Waals surface area contributed by atoms with Gasteiger partial charge in [-0.3, -0.25) is 4.99 Å². The van der Waals surface area contributed by atoms with Gasteiger partial charge in [-0.25, -0.2) is 0 Å². The van der Waals surface area contributed by atoms with Crippen molar-refractivity contribution in [3.63, 3.8) is 0 Å². The highest BCUT2D eigenvalue weighted by Gasteiger charge is 1.99. The molecule has 0 unspecified atom stereocenters. The largest absolute Gasteiger partial charge is 0.313 e. The van der Waals surface area contributed by atoms with E-state index in [2.05, 4.69) is 42.7 Å². The fraction of sp³-hybridized carbons (Fsp3) is 0.400. The van der Waals surface area contributed by atoms with Crippen molar-refractivity contribution in [2.75, 3.05) is 6.54 Å². The lowest BCUT2D eigenvalue weighted by Crippen LogP contribution is -2.14. The van der Waals surface area contributed by atoms with Crippen LogP contribution in [-0.2, 0) is 6.54 Å². The van der Waals surface area contributed by atoms with Crippen LogP contribution in [0.3, 0.4) is 0 Å². The van der Waals surface area contributed by atoms with Gasteiger partial charge in [0, 0.05) is 6.54 Å². The topological polar surface area (TPSA) is 24.4 Å². The number of nitrogens with one attached hydrogen (secondary N) is 1. The summed E-state index contributed by atoms with van der Waals surface area (Å²) in [5.41, 5.74) is 3.21. The van der Waals surface area contributed by atoms with Gasteiger partial charge in [-0.15, -0.1) is 0 Å². The van der Waals surface area contributed by atoms with E-state index in [9.17, 15) is 0 Å². The van der Waals surface area contributed by atoms with E-state index in [-0.39, 0.29) is 0 Å². The monoisotopic (exact) mass is 230 g/mol. The molecule has 17 heavy (non-hydrogen) atoms. The SMILES string of the molecule is C=Cc1cc(CNCCCCC)ccc1N=C. The predicted molar refractivity (Wildman–Crippen MR) is 77.0 cm³/mol. The molecule has 0 fully saturated rings. The van der Waals surface area contributed by atoms with Gasteiger partial charge in [0.15, 0.2) is 0 Å². The van der Waals surface area contributed by atoms with Crippen LogP contribution in [0.2, 0.25) is 0 Å². The highest BCUT2D eigenvalue weighted by atomic mass is 14.8. The molecule has 2 nitrogen and oxygen atoms in total. The summed E-state index contributed by atoms with van der Waals surface area (Å²) < 4.78 is 0. The molecular formula is C15H22N2. The Morgan fingerprint density at radius 3 is 2.82 bits per heavy atom. The first kappa shape index (κ1) is 13.7. The molecule has 1 aromatic carbocycles. The van der Waals surface area contributed by atoms with Gasteiger partial charge in [0.05, 0.1) is 5.69 Å². The van der Waals surface area contributed by atoms with E-state index < -0.39 is 0 Å². The summed E-state index contributed by atoms with van der Waals surface area (Å²) in [5, 5.41) is 3.44. The van der Waals surface area contributed by atoms with E-state index in [1.54, 1.807) is 0 Å². The number of rotatable bonds is 8. The van der Waals surface area contributed by atoms with Gasteiger partial charge in [0.1, 0.15) is 0 Å². The molecule has 2 heteroatoms. The Balaban J connectivity index is 2.49. The summed E-state index contributed by atoms with van der Waals surface area (Å²) in [6.07, 6.45) is 5.63. The van der Waals surface area contributed by atoms with Crippen LogP contribution in [0, 0.1) is 0 Å². The van der Waals surface area contributed by atoms with Crippen molar-refractivity contribution < 1.29 is 0 Å². The molecule has 0 aliphatic rings.